The van der Waals surface area contributed by atoms with E-state index in [4.69, 9.17) is 30.9 Å². The first-order valence-electron chi connectivity index (χ1n) is 23.6. The van der Waals surface area contributed by atoms with Crippen molar-refractivity contribution < 1.29 is 16.4 Å². The van der Waals surface area contributed by atoms with Gasteiger partial charge in [-0.2, -0.15) is 9.97 Å². The summed E-state index contributed by atoms with van der Waals surface area (Å²) in [7, 11) is 0. The van der Waals surface area contributed by atoms with Crippen molar-refractivity contribution in [3.8, 4) is 28.5 Å². The van der Waals surface area contributed by atoms with Crippen LogP contribution in [0.15, 0.2) is 133 Å². The third-order valence-electron chi connectivity index (χ3n) is 11.4. The van der Waals surface area contributed by atoms with E-state index >= 15 is 0 Å². The third-order valence-corrected chi connectivity index (χ3v) is 12.6. The molecule has 2 aliphatic rings. The van der Waals surface area contributed by atoms with E-state index in [2.05, 4.69) is 24.8 Å². The molecule has 4 aromatic heterocycles. The third kappa shape index (κ3) is 4.31. The second-order valence-electron chi connectivity index (χ2n) is 14.1. The summed E-state index contributed by atoms with van der Waals surface area (Å²) < 4.78 is 111. The molecular formula is C46H36N6S. The molecule has 0 saturated heterocycles. The number of anilines is 2. The fourth-order valence-corrected chi connectivity index (χ4v) is 9.86. The number of fused-ring (bicyclic) bond motifs is 9. The summed E-state index contributed by atoms with van der Waals surface area (Å²) in [6, 6.07) is 10.2. The monoisotopic (exact) mass is 716 g/mol. The summed E-state index contributed by atoms with van der Waals surface area (Å²) in [5, 5.41) is 1.54. The van der Waals surface area contributed by atoms with Gasteiger partial charge in [-0.3, -0.25) is 4.98 Å². The Hall–Kier alpha value is -5.92. The van der Waals surface area contributed by atoms with Crippen molar-refractivity contribution in [1.29, 1.82) is 0 Å². The van der Waals surface area contributed by atoms with Gasteiger partial charge in [0.15, 0.2) is 11.6 Å². The maximum atomic E-state index is 9.97. The van der Waals surface area contributed by atoms with Gasteiger partial charge in [0.1, 0.15) is 0 Å². The Morgan fingerprint density at radius 2 is 1.45 bits per heavy atom. The molecule has 2 unspecified atom stereocenters. The van der Waals surface area contributed by atoms with Gasteiger partial charge in [0.05, 0.1) is 44.4 Å². The van der Waals surface area contributed by atoms with Gasteiger partial charge in [0.2, 0.25) is 5.95 Å². The molecule has 11 rings (SSSR count). The number of hydrogen-bond acceptors (Lipinski definition) is 6. The lowest BCUT2D eigenvalue weighted by atomic mass is 9.63. The van der Waals surface area contributed by atoms with Crippen LogP contribution in [-0.4, -0.2) is 30.0 Å². The first-order valence-corrected chi connectivity index (χ1v) is 18.4. The zero-order valence-corrected chi connectivity index (χ0v) is 29.5. The SMILES string of the molecule is [2H]c1c([2H])c(-c2nc(-c3cccc4c3sc3ccccc34)nc(N3c4cccnc4C4(C)CCCCC34C)n2)c([2H])c(-n2c3c([2H])c([2H])c([2H])c([2H])c3c3c([2H])c([2H])c([2H])c([2H])c32)c1[2H]. The fraction of sp³-hybridized carbons (Fsp3) is 0.174. The second-order valence-corrected chi connectivity index (χ2v) is 15.1. The van der Waals surface area contributed by atoms with Crippen LogP contribution in [0, 0.1) is 0 Å². The number of aromatic nitrogens is 5. The molecular weight excluding hydrogens is 669 g/mol. The van der Waals surface area contributed by atoms with Crippen molar-refractivity contribution in [2.75, 3.05) is 4.90 Å². The Kier molecular flexibility index (Phi) is 4.46. The summed E-state index contributed by atoms with van der Waals surface area (Å²) in [6.45, 7) is 4.39. The van der Waals surface area contributed by atoms with Gasteiger partial charge in [-0.1, -0.05) is 98.4 Å². The molecule has 5 aromatic carbocycles. The summed E-state index contributed by atoms with van der Waals surface area (Å²) >= 11 is 1.57. The van der Waals surface area contributed by atoms with Crippen LogP contribution in [0.1, 0.15) is 61.7 Å². The van der Waals surface area contributed by atoms with E-state index in [0.717, 1.165) is 61.8 Å². The van der Waals surface area contributed by atoms with Crippen LogP contribution < -0.4 is 4.90 Å². The largest absolute Gasteiger partial charge is 0.309 e. The van der Waals surface area contributed by atoms with E-state index in [0.29, 0.717) is 5.56 Å². The van der Waals surface area contributed by atoms with Gasteiger partial charge in [-0.25, -0.2) is 4.98 Å². The summed E-state index contributed by atoms with van der Waals surface area (Å²) in [5.74, 6) is 0.269. The number of rotatable bonds is 4. The Labute approximate surface area is 328 Å². The van der Waals surface area contributed by atoms with Crippen LogP contribution in [0.25, 0.3) is 70.4 Å². The smallest absolute Gasteiger partial charge is 0.234 e. The lowest BCUT2D eigenvalue weighted by Crippen LogP contribution is -2.55. The molecule has 0 radical (unpaired) electrons. The van der Waals surface area contributed by atoms with Gasteiger partial charge < -0.3 is 9.47 Å². The summed E-state index contributed by atoms with van der Waals surface area (Å²) in [5.41, 5.74) is -0.00198. The van der Waals surface area contributed by atoms with Gasteiger partial charge in [-0.15, -0.1) is 11.3 Å². The zero-order valence-electron chi connectivity index (χ0n) is 40.7. The molecule has 0 amide bonds. The van der Waals surface area contributed by atoms with Crippen molar-refractivity contribution in [1.82, 2.24) is 24.5 Å². The molecule has 1 aliphatic carbocycles. The Balaban J connectivity index is 1.27. The number of hydrogen-bond donors (Lipinski definition) is 0. The topological polar surface area (TPSA) is 59.7 Å². The average molecular weight is 717 g/mol. The number of pyridine rings is 1. The van der Waals surface area contributed by atoms with Crippen LogP contribution in [0.4, 0.5) is 11.6 Å². The highest BCUT2D eigenvalue weighted by Crippen LogP contribution is 2.59. The maximum Gasteiger partial charge on any atom is 0.234 e. The standard InChI is InChI=1S/C46H36N6S/c1-45-25-9-10-26-46(45,2)52(38-23-13-27-47-41(38)45)44-49-42(48-43(50-44)35-20-12-19-34-33-18-5-8-24-39(33)53-40(34)35)29-14-11-15-30(28-29)51-36-21-6-3-16-31(36)32-17-4-7-22-37(32)51/h3-8,11-24,27-28H,9-10,25-26H2,1-2H3/i3D,4D,6D,7D,11D,14D,15D,16D,17D,21D,22D,28D. The first kappa shape index (κ1) is 20.9. The molecule has 256 valence electrons. The average Bonchev–Trinajstić information content (AvgIpc) is 3.93. The Morgan fingerprint density at radius 3 is 2.30 bits per heavy atom. The van der Waals surface area contributed by atoms with Crippen LogP contribution >= 0.6 is 11.3 Å². The van der Waals surface area contributed by atoms with E-state index in [1.807, 2.05) is 48.5 Å². The number of para-hydroxylation sites is 2. The fourth-order valence-electron chi connectivity index (χ4n) is 8.64. The van der Waals surface area contributed by atoms with Crippen LogP contribution in [0.2, 0.25) is 0 Å². The van der Waals surface area contributed by atoms with E-state index in [-0.39, 0.29) is 45.0 Å². The quantitative estimate of drug-likeness (QED) is 0.181. The molecule has 1 saturated carbocycles. The lowest BCUT2D eigenvalue weighted by molar-refractivity contribution is 0.190. The summed E-state index contributed by atoms with van der Waals surface area (Å²) in [4.78, 5) is 22.4. The predicted molar refractivity (Wildman–Crippen MR) is 219 cm³/mol. The summed E-state index contributed by atoms with van der Waals surface area (Å²) in [6.07, 6.45) is 5.35. The maximum absolute atomic E-state index is 9.97. The molecule has 7 heteroatoms. The van der Waals surface area contributed by atoms with E-state index in [1.54, 1.807) is 17.5 Å². The minimum atomic E-state index is -0.683. The van der Waals surface area contributed by atoms with Crippen LogP contribution in [0.3, 0.4) is 0 Å². The Bertz CT molecular complexity index is 3530. The van der Waals surface area contributed by atoms with Crippen molar-refractivity contribution in [3.63, 3.8) is 0 Å². The number of nitrogens with zero attached hydrogens (tertiary/aromatic N) is 6. The van der Waals surface area contributed by atoms with E-state index in [9.17, 15) is 5.48 Å². The predicted octanol–water partition coefficient (Wildman–Crippen LogP) is 11.8. The van der Waals surface area contributed by atoms with E-state index in [1.165, 1.54) is 0 Å². The van der Waals surface area contributed by atoms with Crippen molar-refractivity contribution in [2.45, 2.75) is 50.5 Å². The van der Waals surface area contributed by atoms with Gasteiger partial charge >= 0.3 is 0 Å². The van der Waals surface area contributed by atoms with E-state index < -0.39 is 89.2 Å². The molecule has 6 nitrogen and oxygen atoms in total. The highest BCUT2D eigenvalue weighted by atomic mass is 32.1. The highest BCUT2D eigenvalue weighted by Gasteiger charge is 2.59. The lowest BCUT2D eigenvalue weighted by Gasteiger charge is -2.48. The van der Waals surface area contributed by atoms with Crippen LogP contribution in [0.5, 0.6) is 0 Å². The van der Waals surface area contributed by atoms with Gasteiger partial charge in [-0.05, 0) is 68.2 Å². The second kappa shape index (κ2) is 11.3. The van der Waals surface area contributed by atoms with Gasteiger partial charge in [0, 0.05) is 59.4 Å². The number of benzene rings is 5. The molecule has 5 heterocycles. The Morgan fingerprint density at radius 1 is 0.698 bits per heavy atom. The molecule has 9 aromatic rings. The highest BCUT2D eigenvalue weighted by molar-refractivity contribution is 7.26. The normalized spacial score (nSPS) is 22.9. The molecule has 1 aliphatic heterocycles. The molecule has 2 atom stereocenters. The van der Waals surface area contributed by atoms with Crippen molar-refractivity contribution >= 4 is 65.0 Å². The van der Waals surface area contributed by atoms with Gasteiger partial charge in [0.25, 0.3) is 0 Å². The van der Waals surface area contributed by atoms with Crippen molar-refractivity contribution in [2.24, 2.45) is 0 Å². The first-order chi connectivity index (χ1) is 31.0. The minimum absolute atomic E-state index is 0.170. The molecule has 53 heavy (non-hydrogen) atoms. The molecule has 0 bridgehead atoms. The minimum Gasteiger partial charge on any atom is -0.309 e. The molecule has 0 N–H and O–H groups in total. The molecule has 1 fully saturated rings. The zero-order chi connectivity index (χ0) is 45.8. The van der Waals surface area contributed by atoms with Crippen molar-refractivity contribution in [3.05, 3.63) is 139 Å². The number of thiophene rings is 1. The van der Waals surface area contributed by atoms with Crippen LogP contribution in [-0.2, 0) is 5.41 Å². The molecule has 0 spiro atoms.